The summed E-state index contributed by atoms with van der Waals surface area (Å²) in [5, 5.41) is 0. The zero-order valence-corrected chi connectivity index (χ0v) is 8.38. The van der Waals surface area contributed by atoms with Crippen molar-refractivity contribution >= 4 is 7.82 Å². The Morgan fingerprint density at radius 2 is 1.83 bits per heavy atom. The molecule has 0 radical (unpaired) electrons. The minimum Gasteiger partial charge on any atom is -0.384 e. The first-order valence-corrected chi connectivity index (χ1v) is 4.99. The summed E-state index contributed by atoms with van der Waals surface area (Å²) >= 11 is 0. The topological polar surface area (TPSA) is 76.0 Å². The molecule has 0 heterocycles. The fourth-order valence-corrected chi connectivity index (χ4v) is 1.21. The van der Waals surface area contributed by atoms with Crippen LogP contribution < -0.4 is 0 Å². The van der Waals surface area contributed by atoms with Crippen LogP contribution in [0.2, 0.25) is 0 Å². The molecule has 0 rings (SSSR count). The molecule has 0 fully saturated rings. The molecule has 0 unspecified atom stereocenters. The van der Waals surface area contributed by atoms with Crippen LogP contribution in [0.1, 0.15) is 13.8 Å². The first-order chi connectivity index (χ1) is 5.27. The maximum absolute atomic E-state index is 10.3. The summed E-state index contributed by atoms with van der Waals surface area (Å²) in [6.45, 7) is 3.97. The smallest absolute Gasteiger partial charge is 0.384 e. The van der Waals surface area contributed by atoms with Gasteiger partial charge in [-0.15, -0.1) is 0 Å². The maximum atomic E-state index is 10.3. The van der Waals surface area contributed by atoms with Crippen molar-refractivity contribution in [3.8, 4) is 0 Å². The number of rotatable bonds is 5. The molecule has 0 amide bonds. The normalized spacial score (nSPS) is 13.4. The Morgan fingerprint density at radius 1 is 1.33 bits per heavy atom. The number of ether oxygens (including phenoxy) is 1. The Hall–Kier alpha value is 0.0700. The van der Waals surface area contributed by atoms with E-state index in [0.29, 0.717) is 6.61 Å². The molecule has 0 bridgehead atoms. The summed E-state index contributed by atoms with van der Waals surface area (Å²) in [7, 11) is -2.81. The summed E-state index contributed by atoms with van der Waals surface area (Å²) in [6.07, 6.45) is 0. The van der Waals surface area contributed by atoms with Gasteiger partial charge < -0.3 is 14.5 Å². The Labute approximate surface area is 71.9 Å². The zero-order chi connectivity index (χ0) is 9.83. The van der Waals surface area contributed by atoms with Crippen LogP contribution in [0.3, 0.4) is 0 Å². The molecule has 6 heteroatoms. The van der Waals surface area contributed by atoms with Crippen molar-refractivity contribution in [2.45, 2.75) is 13.8 Å². The van der Waals surface area contributed by atoms with Crippen LogP contribution in [0.25, 0.3) is 0 Å². The van der Waals surface area contributed by atoms with Crippen LogP contribution in [0, 0.1) is 5.41 Å². The van der Waals surface area contributed by atoms with Gasteiger partial charge in [-0.1, -0.05) is 13.8 Å². The van der Waals surface area contributed by atoms with Gasteiger partial charge in [-0.2, -0.15) is 0 Å². The molecule has 74 valence electrons. The van der Waals surface area contributed by atoms with Crippen LogP contribution in [-0.2, 0) is 13.8 Å². The highest BCUT2D eigenvalue weighted by molar-refractivity contribution is 7.46. The Balaban J connectivity index is 3.83. The molecule has 0 saturated carbocycles. The Kier molecular flexibility index (Phi) is 4.37. The summed E-state index contributed by atoms with van der Waals surface area (Å²) in [5.74, 6) is 0. The average molecular weight is 198 g/mol. The van der Waals surface area contributed by atoms with Crippen LogP contribution in [0.15, 0.2) is 0 Å². The molecule has 0 atom stereocenters. The highest BCUT2D eigenvalue weighted by Gasteiger charge is 2.23. The highest BCUT2D eigenvalue weighted by atomic mass is 31.2. The Morgan fingerprint density at radius 3 is 2.17 bits per heavy atom. The molecule has 0 aliphatic heterocycles. The molecule has 0 saturated heterocycles. The lowest BCUT2D eigenvalue weighted by atomic mass is 9.97. The quantitative estimate of drug-likeness (QED) is 0.638. The van der Waals surface area contributed by atoms with Gasteiger partial charge >= 0.3 is 7.82 Å². The highest BCUT2D eigenvalue weighted by Crippen LogP contribution is 2.37. The van der Waals surface area contributed by atoms with Crippen molar-refractivity contribution in [1.82, 2.24) is 0 Å². The van der Waals surface area contributed by atoms with E-state index in [9.17, 15) is 4.57 Å². The van der Waals surface area contributed by atoms with Gasteiger partial charge in [0.2, 0.25) is 0 Å². The second-order valence-electron chi connectivity index (χ2n) is 3.36. The summed E-state index contributed by atoms with van der Waals surface area (Å²) in [4.78, 5) is 16.8. The van der Waals surface area contributed by atoms with Crippen molar-refractivity contribution in [1.29, 1.82) is 0 Å². The largest absolute Gasteiger partial charge is 0.469 e. The van der Waals surface area contributed by atoms with Gasteiger partial charge in [-0.25, -0.2) is 4.57 Å². The molecule has 5 nitrogen and oxygen atoms in total. The molecule has 0 aromatic heterocycles. The number of phosphoric acid groups is 1. The van der Waals surface area contributed by atoms with Crippen molar-refractivity contribution in [2.24, 2.45) is 5.41 Å². The average Bonchev–Trinajstić information content (AvgIpc) is 1.83. The Bertz CT molecular complexity index is 173. The minimum atomic E-state index is -4.34. The second kappa shape index (κ2) is 4.35. The lowest BCUT2D eigenvalue weighted by Crippen LogP contribution is -2.24. The lowest BCUT2D eigenvalue weighted by molar-refractivity contribution is 0.0516. The number of hydrogen-bond donors (Lipinski definition) is 2. The van der Waals surface area contributed by atoms with Gasteiger partial charge in [0.1, 0.15) is 0 Å². The van der Waals surface area contributed by atoms with E-state index in [1.807, 2.05) is 0 Å². The van der Waals surface area contributed by atoms with Gasteiger partial charge in [0, 0.05) is 12.5 Å². The lowest BCUT2D eigenvalue weighted by Gasteiger charge is -2.22. The molecular formula is C6H15O5P. The minimum absolute atomic E-state index is 0.0227. The van der Waals surface area contributed by atoms with Crippen LogP contribution >= 0.6 is 7.82 Å². The SMILES string of the molecule is COCC(C)(C)COP(=O)(O)O. The van der Waals surface area contributed by atoms with Gasteiger partial charge in [0.25, 0.3) is 0 Å². The van der Waals surface area contributed by atoms with Crippen LogP contribution in [-0.4, -0.2) is 30.1 Å². The van der Waals surface area contributed by atoms with E-state index < -0.39 is 7.82 Å². The molecule has 0 aromatic rings. The van der Waals surface area contributed by atoms with E-state index >= 15 is 0 Å². The molecule has 12 heavy (non-hydrogen) atoms. The first-order valence-electron chi connectivity index (χ1n) is 3.46. The fraction of sp³-hybridized carbons (Fsp3) is 1.00. The predicted molar refractivity (Wildman–Crippen MR) is 43.7 cm³/mol. The number of hydrogen-bond acceptors (Lipinski definition) is 3. The third-order valence-corrected chi connectivity index (χ3v) is 1.62. The standard InChI is InChI=1S/C6H15O5P/c1-6(2,4-10-3)5-11-12(7,8)9/h4-5H2,1-3H3,(H2,7,8,9). The van der Waals surface area contributed by atoms with Gasteiger partial charge in [-0.3, -0.25) is 4.52 Å². The van der Waals surface area contributed by atoms with Crippen LogP contribution in [0.5, 0.6) is 0 Å². The second-order valence-corrected chi connectivity index (χ2v) is 4.60. The van der Waals surface area contributed by atoms with E-state index in [-0.39, 0.29) is 12.0 Å². The van der Waals surface area contributed by atoms with Gasteiger partial charge in [0.05, 0.1) is 13.2 Å². The third-order valence-electron chi connectivity index (χ3n) is 1.16. The van der Waals surface area contributed by atoms with Crippen molar-refractivity contribution < 1.29 is 23.6 Å². The molecule has 0 spiro atoms. The van der Waals surface area contributed by atoms with Gasteiger partial charge in [0.15, 0.2) is 0 Å². The van der Waals surface area contributed by atoms with Crippen molar-refractivity contribution in [3.63, 3.8) is 0 Å². The van der Waals surface area contributed by atoms with E-state index in [0.717, 1.165) is 0 Å². The third kappa shape index (κ3) is 6.76. The van der Waals surface area contributed by atoms with Crippen molar-refractivity contribution in [3.05, 3.63) is 0 Å². The summed E-state index contributed by atoms with van der Waals surface area (Å²) in [5.41, 5.74) is -0.379. The summed E-state index contributed by atoms with van der Waals surface area (Å²) in [6, 6.07) is 0. The van der Waals surface area contributed by atoms with E-state index in [2.05, 4.69) is 4.52 Å². The van der Waals surface area contributed by atoms with Crippen molar-refractivity contribution in [2.75, 3.05) is 20.3 Å². The number of phosphoric ester groups is 1. The van der Waals surface area contributed by atoms with Gasteiger partial charge in [-0.05, 0) is 0 Å². The van der Waals surface area contributed by atoms with E-state index in [1.165, 1.54) is 7.11 Å². The zero-order valence-electron chi connectivity index (χ0n) is 7.48. The molecule has 2 N–H and O–H groups in total. The maximum Gasteiger partial charge on any atom is 0.469 e. The molecule has 0 aliphatic carbocycles. The fourth-order valence-electron chi connectivity index (χ4n) is 0.691. The molecule has 0 aliphatic rings. The predicted octanol–water partition coefficient (Wildman–Crippen LogP) is 0.768. The molecule has 0 aromatic carbocycles. The summed E-state index contributed by atoms with van der Waals surface area (Å²) < 4.78 is 19.5. The van der Waals surface area contributed by atoms with E-state index in [4.69, 9.17) is 14.5 Å². The monoisotopic (exact) mass is 198 g/mol. The number of methoxy groups -OCH3 is 1. The van der Waals surface area contributed by atoms with E-state index in [1.54, 1.807) is 13.8 Å². The first kappa shape index (κ1) is 12.1. The molecular weight excluding hydrogens is 183 g/mol. The van der Waals surface area contributed by atoms with Crippen LogP contribution in [0.4, 0.5) is 0 Å².